The normalized spacial score (nSPS) is 44.4. The molecule has 0 bridgehead atoms. The van der Waals surface area contributed by atoms with Crippen molar-refractivity contribution in [3.05, 3.63) is 0 Å². The number of rotatable bonds is 3. The number of ether oxygens (including phenoxy) is 1. The van der Waals surface area contributed by atoms with Gasteiger partial charge in [0.15, 0.2) is 0 Å². The predicted octanol–water partition coefficient (Wildman–Crippen LogP) is 5.99. The lowest BCUT2D eigenvalue weighted by Gasteiger charge is -2.60. The molecule has 4 aliphatic rings. The van der Waals surface area contributed by atoms with E-state index in [1.165, 1.54) is 84.7 Å². The van der Waals surface area contributed by atoms with Gasteiger partial charge in [0.1, 0.15) is 0 Å². The number of aliphatic hydroxyl groups is 1. The van der Waals surface area contributed by atoms with Crippen LogP contribution in [-0.2, 0) is 9.53 Å². The molecule has 0 aromatic rings. The zero-order chi connectivity index (χ0) is 20.4. The molecule has 28 heavy (non-hydrogen) atoms. The number of hydrogen-bond acceptors (Lipinski definition) is 3. The summed E-state index contributed by atoms with van der Waals surface area (Å²) in [5.74, 6) is 4.78. The van der Waals surface area contributed by atoms with Gasteiger partial charge in [0, 0.05) is 13.5 Å². The molecule has 7 atom stereocenters. The molecule has 1 N–H and O–H groups in total. The number of aliphatic hydroxyl groups excluding tert-OH is 1. The summed E-state index contributed by atoms with van der Waals surface area (Å²) in [6.07, 6.45) is 17.4. The maximum absolute atomic E-state index is 9.59. The average molecular weight is 393 g/mol. The molecule has 7 unspecified atom stereocenters. The standard InChI is InChI=1S/C22H38O.C3H6O2/c1-21-13-4-3-6-16(21)8-10-18-19-11-9-17(7-5-15-23)22(19,2)14-12-20(18)21;1-3(4)5-2/h16-20,23H,3-15H2,1-2H3;1-2H3. The molecular weight excluding hydrogens is 348 g/mol. The highest BCUT2D eigenvalue weighted by atomic mass is 16.5. The summed E-state index contributed by atoms with van der Waals surface area (Å²) >= 11 is 0. The van der Waals surface area contributed by atoms with Crippen LogP contribution in [0.2, 0.25) is 0 Å². The molecule has 0 aliphatic heterocycles. The van der Waals surface area contributed by atoms with Crippen LogP contribution in [0.15, 0.2) is 0 Å². The molecule has 0 aromatic carbocycles. The lowest BCUT2D eigenvalue weighted by molar-refractivity contribution is -0.137. The number of esters is 1. The van der Waals surface area contributed by atoms with E-state index in [1.54, 1.807) is 0 Å². The maximum atomic E-state index is 9.59. The highest BCUT2D eigenvalue weighted by Crippen LogP contribution is 2.67. The molecule has 0 saturated heterocycles. The summed E-state index contributed by atoms with van der Waals surface area (Å²) in [7, 11) is 1.35. The van der Waals surface area contributed by atoms with E-state index < -0.39 is 0 Å². The Morgan fingerprint density at radius 2 is 1.68 bits per heavy atom. The largest absolute Gasteiger partial charge is 0.469 e. The van der Waals surface area contributed by atoms with E-state index in [4.69, 9.17) is 0 Å². The second-order valence-electron chi connectivity index (χ2n) is 10.8. The van der Waals surface area contributed by atoms with Crippen molar-refractivity contribution in [3.8, 4) is 0 Å². The highest BCUT2D eigenvalue weighted by Gasteiger charge is 2.59. The van der Waals surface area contributed by atoms with Crippen LogP contribution in [-0.4, -0.2) is 24.8 Å². The van der Waals surface area contributed by atoms with Crippen molar-refractivity contribution in [1.29, 1.82) is 0 Å². The molecule has 0 amide bonds. The molecular formula is C25H44O3. The quantitative estimate of drug-likeness (QED) is 0.600. The molecule has 0 aromatic heterocycles. The van der Waals surface area contributed by atoms with Crippen LogP contribution in [0.1, 0.15) is 97.8 Å². The summed E-state index contributed by atoms with van der Waals surface area (Å²) in [5, 5.41) is 9.26. The first-order valence-electron chi connectivity index (χ1n) is 12.0. The lowest BCUT2D eigenvalue weighted by Crippen LogP contribution is -2.52. The summed E-state index contributed by atoms with van der Waals surface area (Å²) in [5.41, 5.74) is 1.29. The van der Waals surface area contributed by atoms with Crippen molar-refractivity contribution in [1.82, 2.24) is 0 Å². The highest BCUT2D eigenvalue weighted by molar-refractivity contribution is 5.65. The Balaban J connectivity index is 0.000000403. The van der Waals surface area contributed by atoms with Gasteiger partial charge < -0.3 is 9.84 Å². The molecule has 3 nitrogen and oxygen atoms in total. The molecule has 0 heterocycles. The summed E-state index contributed by atoms with van der Waals surface area (Å²) in [6.45, 7) is 7.08. The summed E-state index contributed by atoms with van der Waals surface area (Å²) in [6, 6.07) is 0. The summed E-state index contributed by atoms with van der Waals surface area (Å²) < 4.78 is 4.11. The van der Waals surface area contributed by atoms with Crippen LogP contribution in [0.5, 0.6) is 0 Å². The van der Waals surface area contributed by atoms with Crippen LogP contribution in [0, 0.1) is 40.4 Å². The van der Waals surface area contributed by atoms with Crippen molar-refractivity contribution >= 4 is 5.97 Å². The third kappa shape index (κ3) is 4.02. The Kier molecular flexibility index (Phi) is 7.16. The molecule has 4 aliphatic carbocycles. The maximum Gasteiger partial charge on any atom is 0.302 e. The lowest BCUT2D eigenvalue weighted by atomic mass is 9.45. The first-order chi connectivity index (χ1) is 13.4. The number of fused-ring (bicyclic) bond motifs is 5. The Morgan fingerprint density at radius 1 is 0.964 bits per heavy atom. The Morgan fingerprint density at radius 3 is 2.36 bits per heavy atom. The van der Waals surface area contributed by atoms with Crippen molar-refractivity contribution < 1.29 is 14.6 Å². The topological polar surface area (TPSA) is 46.5 Å². The minimum Gasteiger partial charge on any atom is -0.469 e. The molecule has 3 heteroatoms. The first kappa shape index (κ1) is 22.1. The number of carbonyl (C=O) groups excluding carboxylic acids is 1. The molecule has 4 fully saturated rings. The van der Waals surface area contributed by atoms with Crippen LogP contribution >= 0.6 is 0 Å². The molecule has 4 rings (SSSR count). The zero-order valence-electron chi connectivity index (χ0n) is 18.8. The van der Waals surface area contributed by atoms with E-state index >= 15 is 0 Å². The van der Waals surface area contributed by atoms with Gasteiger partial charge in [-0.15, -0.1) is 0 Å². The zero-order valence-corrected chi connectivity index (χ0v) is 18.8. The number of carbonyl (C=O) groups is 1. The second-order valence-corrected chi connectivity index (χ2v) is 10.8. The van der Waals surface area contributed by atoms with Gasteiger partial charge >= 0.3 is 5.97 Å². The number of hydrogen-bond donors (Lipinski definition) is 1. The first-order valence-corrected chi connectivity index (χ1v) is 12.0. The molecule has 162 valence electrons. The van der Waals surface area contributed by atoms with Crippen molar-refractivity contribution in [2.75, 3.05) is 13.7 Å². The van der Waals surface area contributed by atoms with Gasteiger partial charge in [0.2, 0.25) is 0 Å². The minimum atomic E-state index is -0.245. The molecule has 0 spiro atoms. The van der Waals surface area contributed by atoms with Crippen LogP contribution < -0.4 is 0 Å². The Hall–Kier alpha value is -0.570. The SMILES string of the molecule is CC12CCCCC1CCC1C2CCC2(C)C(CCCO)CCC12.COC(C)=O. The molecule has 0 radical (unpaired) electrons. The monoisotopic (exact) mass is 392 g/mol. The number of methoxy groups -OCH3 is 1. The predicted molar refractivity (Wildman–Crippen MR) is 114 cm³/mol. The van der Waals surface area contributed by atoms with E-state index in [9.17, 15) is 9.90 Å². The second kappa shape index (κ2) is 9.06. The Labute approximate surface area is 173 Å². The van der Waals surface area contributed by atoms with Gasteiger partial charge in [-0.25, -0.2) is 0 Å². The fourth-order valence-corrected chi connectivity index (χ4v) is 8.22. The van der Waals surface area contributed by atoms with Crippen LogP contribution in [0.4, 0.5) is 0 Å². The van der Waals surface area contributed by atoms with Crippen molar-refractivity contribution in [3.63, 3.8) is 0 Å². The van der Waals surface area contributed by atoms with E-state index in [0.717, 1.165) is 36.0 Å². The Bertz CT molecular complexity index is 532. The van der Waals surface area contributed by atoms with Crippen LogP contribution in [0.25, 0.3) is 0 Å². The van der Waals surface area contributed by atoms with Gasteiger partial charge in [-0.1, -0.05) is 26.7 Å². The van der Waals surface area contributed by atoms with E-state index in [-0.39, 0.29) is 5.97 Å². The fraction of sp³-hybridized carbons (Fsp3) is 0.960. The van der Waals surface area contributed by atoms with Crippen molar-refractivity contribution in [2.45, 2.75) is 97.8 Å². The van der Waals surface area contributed by atoms with Gasteiger partial charge in [0.25, 0.3) is 0 Å². The van der Waals surface area contributed by atoms with Crippen LogP contribution in [0.3, 0.4) is 0 Å². The summed E-state index contributed by atoms with van der Waals surface area (Å²) in [4.78, 5) is 9.59. The van der Waals surface area contributed by atoms with Crippen molar-refractivity contribution in [2.24, 2.45) is 40.4 Å². The smallest absolute Gasteiger partial charge is 0.302 e. The van der Waals surface area contributed by atoms with Gasteiger partial charge in [-0.3, -0.25) is 4.79 Å². The van der Waals surface area contributed by atoms with Gasteiger partial charge in [-0.05, 0) is 105 Å². The average Bonchev–Trinajstić information content (AvgIpc) is 3.02. The van der Waals surface area contributed by atoms with E-state index in [1.807, 2.05) is 0 Å². The fourth-order valence-electron chi connectivity index (χ4n) is 8.22. The third-order valence-electron chi connectivity index (χ3n) is 9.78. The minimum absolute atomic E-state index is 0.245. The molecule has 4 saturated carbocycles. The van der Waals surface area contributed by atoms with Gasteiger partial charge in [0.05, 0.1) is 7.11 Å². The van der Waals surface area contributed by atoms with E-state index in [0.29, 0.717) is 17.4 Å². The van der Waals surface area contributed by atoms with E-state index in [2.05, 4.69) is 18.6 Å². The van der Waals surface area contributed by atoms with Gasteiger partial charge in [-0.2, -0.15) is 0 Å². The third-order valence-corrected chi connectivity index (χ3v) is 9.78.